The van der Waals surface area contributed by atoms with Gasteiger partial charge in [-0.15, -0.1) is 0 Å². The highest BCUT2D eigenvalue weighted by Crippen LogP contribution is 2.22. The van der Waals surface area contributed by atoms with Crippen LogP contribution < -0.4 is 14.4 Å². The summed E-state index contributed by atoms with van der Waals surface area (Å²) in [5, 5.41) is 2.63. The third-order valence-electron chi connectivity index (χ3n) is 3.70. The summed E-state index contributed by atoms with van der Waals surface area (Å²) in [5.74, 6) is 0.0428. The van der Waals surface area contributed by atoms with Gasteiger partial charge in [0.25, 0.3) is 0 Å². The number of nitrogens with one attached hydrogen (secondary N) is 1. The molecule has 1 amide bonds. The Hall–Kier alpha value is -2.87. The van der Waals surface area contributed by atoms with Crippen molar-refractivity contribution < 1.29 is 22.7 Å². The van der Waals surface area contributed by atoms with Gasteiger partial charge in [-0.2, -0.15) is 0 Å². The van der Waals surface area contributed by atoms with Crippen LogP contribution in [0.5, 0.6) is 5.75 Å². The maximum Gasteiger partial charge on any atom is 0.245 e. The van der Waals surface area contributed by atoms with Crippen molar-refractivity contribution in [2.45, 2.75) is 13.8 Å². The van der Waals surface area contributed by atoms with E-state index in [4.69, 9.17) is 4.74 Å². The van der Waals surface area contributed by atoms with Crippen LogP contribution in [0.15, 0.2) is 48.5 Å². The summed E-state index contributed by atoms with van der Waals surface area (Å²) in [4.78, 5) is 23.6. The van der Waals surface area contributed by atoms with Crippen LogP contribution in [0.2, 0.25) is 0 Å². The molecule has 27 heavy (non-hydrogen) atoms. The number of benzene rings is 2. The number of hydrogen-bond donors (Lipinski definition) is 1. The number of amides is 1. The first kappa shape index (κ1) is 20.4. The predicted molar refractivity (Wildman–Crippen MR) is 105 cm³/mol. The smallest absolute Gasteiger partial charge is 0.245 e. The van der Waals surface area contributed by atoms with Crippen molar-refractivity contribution >= 4 is 33.1 Å². The number of ketones is 1. The van der Waals surface area contributed by atoms with Crippen LogP contribution in [0.3, 0.4) is 0 Å². The Balaban J connectivity index is 2.13. The lowest BCUT2D eigenvalue weighted by molar-refractivity contribution is -0.114. The molecule has 2 rings (SSSR count). The first-order valence-corrected chi connectivity index (χ1v) is 10.2. The zero-order valence-corrected chi connectivity index (χ0v) is 16.2. The standard InChI is InChI=1S/C19H22N2O5S/c1-4-26-18-11-9-17(10-12-18)21(27(3,24)25)13-19(23)20-16-7-5-15(6-8-16)14(2)22/h5-12H,4,13H2,1-3H3,(H,20,23). The molecule has 0 atom stereocenters. The molecule has 0 unspecified atom stereocenters. The van der Waals surface area contributed by atoms with E-state index < -0.39 is 15.9 Å². The zero-order chi connectivity index (χ0) is 20.0. The molecular weight excluding hydrogens is 368 g/mol. The van der Waals surface area contributed by atoms with E-state index in [0.29, 0.717) is 29.3 Å². The van der Waals surface area contributed by atoms with Crippen molar-refractivity contribution in [2.75, 3.05) is 29.0 Å². The van der Waals surface area contributed by atoms with E-state index in [2.05, 4.69) is 5.32 Å². The molecule has 0 saturated carbocycles. The van der Waals surface area contributed by atoms with Crippen molar-refractivity contribution in [3.05, 3.63) is 54.1 Å². The molecule has 2 aromatic carbocycles. The van der Waals surface area contributed by atoms with E-state index in [1.165, 1.54) is 6.92 Å². The molecular formula is C19H22N2O5S. The van der Waals surface area contributed by atoms with Gasteiger partial charge in [-0.1, -0.05) is 0 Å². The van der Waals surface area contributed by atoms with Crippen LogP contribution in [0.25, 0.3) is 0 Å². The van der Waals surface area contributed by atoms with E-state index in [1.807, 2.05) is 6.92 Å². The second-order valence-corrected chi connectivity index (χ2v) is 7.79. The second kappa shape index (κ2) is 8.68. The Morgan fingerprint density at radius 2 is 1.63 bits per heavy atom. The summed E-state index contributed by atoms with van der Waals surface area (Å²) in [5.41, 5.74) is 1.37. The van der Waals surface area contributed by atoms with E-state index in [-0.39, 0.29) is 12.3 Å². The fourth-order valence-electron chi connectivity index (χ4n) is 2.39. The van der Waals surface area contributed by atoms with Gasteiger partial charge in [0.15, 0.2) is 5.78 Å². The van der Waals surface area contributed by atoms with E-state index in [1.54, 1.807) is 48.5 Å². The monoisotopic (exact) mass is 390 g/mol. The number of nitrogens with zero attached hydrogens (tertiary/aromatic N) is 1. The van der Waals surface area contributed by atoms with Crippen molar-refractivity contribution in [3.8, 4) is 5.75 Å². The molecule has 0 bridgehead atoms. The SMILES string of the molecule is CCOc1ccc(N(CC(=O)Nc2ccc(C(C)=O)cc2)S(C)(=O)=O)cc1. The van der Waals surface area contributed by atoms with Crippen molar-refractivity contribution in [1.29, 1.82) is 0 Å². The highest BCUT2D eigenvalue weighted by molar-refractivity contribution is 7.92. The summed E-state index contributed by atoms with van der Waals surface area (Å²) in [6.45, 7) is 3.43. The van der Waals surface area contributed by atoms with Crippen LogP contribution in [0, 0.1) is 0 Å². The first-order chi connectivity index (χ1) is 12.7. The molecule has 0 spiro atoms. The summed E-state index contributed by atoms with van der Waals surface area (Å²) in [7, 11) is -3.66. The Bertz CT molecular complexity index is 906. The fourth-order valence-corrected chi connectivity index (χ4v) is 3.25. The number of rotatable bonds is 8. The molecule has 144 valence electrons. The topological polar surface area (TPSA) is 92.8 Å². The lowest BCUT2D eigenvalue weighted by Gasteiger charge is -2.22. The molecule has 1 N–H and O–H groups in total. The highest BCUT2D eigenvalue weighted by atomic mass is 32.2. The molecule has 0 radical (unpaired) electrons. The van der Waals surface area contributed by atoms with Gasteiger partial charge in [0, 0.05) is 11.3 Å². The Kier molecular flexibility index (Phi) is 6.57. The summed E-state index contributed by atoms with van der Waals surface area (Å²) in [6, 6.07) is 12.8. The van der Waals surface area contributed by atoms with Gasteiger partial charge in [-0.3, -0.25) is 13.9 Å². The lowest BCUT2D eigenvalue weighted by atomic mass is 10.1. The Morgan fingerprint density at radius 3 is 2.11 bits per heavy atom. The van der Waals surface area contributed by atoms with E-state index in [9.17, 15) is 18.0 Å². The minimum atomic E-state index is -3.66. The summed E-state index contributed by atoms with van der Waals surface area (Å²) < 4.78 is 30.6. The second-order valence-electron chi connectivity index (χ2n) is 5.88. The van der Waals surface area contributed by atoms with Gasteiger partial charge in [0.2, 0.25) is 15.9 Å². The third kappa shape index (κ3) is 5.82. The number of carbonyl (C=O) groups is 2. The van der Waals surface area contributed by atoms with Gasteiger partial charge in [0.05, 0.1) is 18.6 Å². The minimum absolute atomic E-state index is 0.0772. The van der Waals surface area contributed by atoms with Crippen molar-refractivity contribution in [2.24, 2.45) is 0 Å². The largest absolute Gasteiger partial charge is 0.494 e. The average molecular weight is 390 g/mol. The first-order valence-electron chi connectivity index (χ1n) is 8.32. The number of hydrogen-bond acceptors (Lipinski definition) is 5. The molecule has 0 saturated heterocycles. The van der Waals surface area contributed by atoms with Crippen molar-refractivity contribution in [1.82, 2.24) is 0 Å². The van der Waals surface area contributed by atoms with Gasteiger partial charge in [0.1, 0.15) is 12.3 Å². The number of carbonyl (C=O) groups excluding carboxylic acids is 2. The van der Waals surface area contributed by atoms with E-state index >= 15 is 0 Å². The molecule has 8 heteroatoms. The Morgan fingerprint density at radius 1 is 1.04 bits per heavy atom. The average Bonchev–Trinajstić information content (AvgIpc) is 2.60. The molecule has 0 fully saturated rings. The summed E-state index contributed by atoms with van der Waals surface area (Å²) in [6.07, 6.45) is 1.04. The maximum atomic E-state index is 12.3. The van der Waals surface area contributed by atoms with Crippen LogP contribution >= 0.6 is 0 Å². The quantitative estimate of drug-likeness (QED) is 0.700. The molecule has 2 aromatic rings. The van der Waals surface area contributed by atoms with Crippen LogP contribution in [0.1, 0.15) is 24.2 Å². The van der Waals surface area contributed by atoms with Crippen LogP contribution in [0.4, 0.5) is 11.4 Å². The number of sulfonamides is 1. The van der Waals surface area contributed by atoms with Gasteiger partial charge < -0.3 is 10.1 Å². The molecule has 0 aliphatic carbocycles. The van der Waals surface area contributed by atoms with Crippen LogP contribution in [-0.4, -0.2) is 39.5 Å². The summed E-state index contributed by atoms with van der Waals surface area (Å²) >= 11 is 0. The van der Waals surface area contributed by atoms with Gasteiger partial charge >= 0.3 is 0 Å². The zero-order valence-electron chi connectivity index (χ0n) is 15.4. The molecule has 7 nitrogen and oxygen atoms in total. The highest BCUT2D eigenvalue weighted by Gasteiger charge is 2.21. The Labute approximate surface area is 159 Å². The fraction of sp³-hybridized carbons (Fsp3) is 0.263. The van der Waals surface area contributed by atoms with Gasteiger partial charge in [-0.25, -0.2) is 8.42 Å². The number of Topliss-reactive ketones (excluding diaryl/α,β-unsaturated/α-hetero) is 1. The molecule has 0 aromatic heterocycles. The lowest BCUT2D eigenvalue weighted by Crippen LogP contribution is -2.37. The maximum absolute atomic E-state index is 12.3. The third-order valence-corrected chi connectivity index (χ3v) is 4.84. The van der Waals surface area contributed by atoms with Crippen molar-refractivity contribution in [3.63, 3.8) is 0 Å². The number of ether oxygens (including phenoxy) is 1. The molecule has 0 aliphatic rings. The van der Waals surface area contributed by atoms with Crippen LogP contribution in [-0.2, 0) is 14.8 Å². The molecule has 0 aliphatic heterocycles. The predicted octanol–water partition coefficient (Wildman–Crippen LogP) is 2.69. The normalized spacial score (nSPS) is 10.9. The number of anilines is 2. The minimum Gasteiger partial charge on any atom is -0.494 e. The van der Waals surface area contributed by atoms with E-state index in [0.717, 1.165) is 10.6 Å². The van der Waals surface area contributed by atoms with Gasteiger partial charge in [-0.05, 0) is 62.4 Å². The molecule has 0 heterocycles.